The summed E-state index contributed by atoms with van der Waals surface area (Å²) in [5, 5.41) is 0.755. The molecule has 0 spiro atoms. The fraction of sp³-hybridized carbons (Fsp3) is 0.375. The Hall–Kier alpha value is -0.810. The highest BCUT2D eigenvalue weighted by molar-refractivity contribution is 9.10. The molecule has 0 radical (unpaired) electrons. The van der Waals surface area contributed by atoms with Gasteiger partial charge in [0.1, 0.15) is 5.76 Å². The maximum atomic E-state index is 6.42. The summed E-state index contributed by atoms with van der Waals surface area (Å²) in [5.74, 6) is 0.966. The first-order chi connectivity index (χ1) is 10.2. The number of furan rings is 1. The molecule has 1 aromatic carbocycles. The van der Waals surface area contributed by atoms with Crippen molar-refractivity contribution in [1.29, 1.82) is 0 Å². The van der Waals surface area contributed by atoms with E-state index < -0.39 is 0 Å². The van der Waals surface area contributed by atoms with Crippen LogP contribution in [-0.4, -0.2) is 17.5 Å². The third kappa shape index (κ3) is 3.51. The minimum Gasteiger partial charge on any atom is -0.468 e. The molecule has 2 N–H and O–H groups in total. The van der Waals surface area contributed by atoms with Crippen LogP contribution < -0.4 is 5.73 Å². The van der Waals surface area contributed by atoms with E-state index in [4.69, 9.17) is 21.8 Å². The quantitative estimate of drug-likeness (QED) is 0.822. The average molecular weight is 370 g/mol. The molecule has 1 heterocycles. The second-order valence-electron chi connectivity index (χ2n) is 5.40. The zero-order valence-electron chi connectivity index (χ0n) is 11.6. The van der Waals surface area contributed by atoms with E-state index >= 15 is 0 Å². The summed E-state index contributed by atoms with van der Waals surface area (Å²) in [6.07, 6.45) is 4.14. The van der Waals surface area contributed by atoms with Crippen molar-refractivity contribution < 1.29 is 4.42 Å². The number of benzene rings is 1. The first-order valence-corrected chi connectivity index (χ1v) is 8.29. The number of rotatable bonds is 6. The summed E-state index contributed by atoms with van der Waals surface area (Å²) >= 11 is 9.87. The van der Waals surface area contributed by atoms with E-state index in [1.807, 2.05) is 24.3 Å². The van der Waals surface area contributed by atoms with E-state index in [1.165, 1.54) is 12.8 Å². The zero-order valence-corrected chi connectivity index (χ0v) is 14.0. The first kappa shape index (κ1) is 15.1. The van der Waals surface area contributed by atoms with Crippen molar-refractivity contribution in [3.8, 4) is 0 Å². The van der Waals surface area contributed by atoms with Crippen LogP contribution in [0.4, 0.5) is 0 Å². The van der Waals surface area contributed by atoms with Crippen molar-refractivity contribution in [1.82, 2.24) is 4.90 Å². The molecular weight excluding hydrogens is 352 g/mol. The molecule has 0 bridgehead atoms. The van der Waals surface area contributed by atoms with Crippen LogP contribution in [0.15, 0.2) is 45.5 Å². The molecule has 0 amide bonds. The van der Waals surface area contributed by atoms with Crippen LogP contribution in [0.25, 0.3) is 0 Å². The Morgan fingerprint density at radius 2 is 2.19 bits per heavy atom. The van der Waals surface area contributed by atoms with Crippen LogP contribution in [0.2, 0.25) is 5.02 Å². The molecule has 1 aromatic heterocycles. The van der Waals surface area contributed by atoms with E-state index in [2.05, 4.69) is 26.9 Å². The number of nitrogens with two attached hydrogens (primary N) is 1. The van der Waals surface area contributed by atoms with Gasteiger partial charge in [0.2, 0.25) is 0 Å². The second kappa shape index (κ2) is 6.53. The van der Waals surface area contributed by atoms with Crippen LogP contribution >= 0.6 is 27.5 Å². The van der Waals surface area contributed by atoms with Gasteiger partial charge in [-0.05, 0) is 42.7 Å². The molecule has 1 aliphatic carbocycles. The third-order valence-electron chi connectivity index (χ3n) is 3.88. The van der Waals surface area contributed by atoms with Gasteiger partial charge >= 0.3 is 0 Å². The number of hydrogen-bond acceptors (Lipinski definition) is 3. The predicted octanol–water partition coefficient (Wildman–Crippen LogP) is 4.36. The van der Waals surface area contributed by atoms with Gasteiger partial charge in [-0.25, -0.2) is 0 Å². The maximum absolute atomic E-state index is 6.42. The smallest absolute Gasteiger partial charge is 0.117 e. The third-order valence-corrected chi connectivity index (χ3v) is 4.70. The van der Waals surface area contributed by atoms with Crippen LogP contribution in [0.1, 0.15) is 30.2 Å². The summed E-state index contributed by atoms with van der Waals surface area (Å²) in [7, 11) is 0. The molecule has 0 aliphatic heterocycles. The van der Waals surface area contributed by atoms with Gasteiger partial charge in [-0.15, -0.1) is 0 Å². The molecule has 3 rings (SSSR count). The maximum Gasteiger partial charge on any atom is 0.117 e. The van der Waals surface area contributed by atoms with E-state index in [0.717, 1.165) is 27.4 Å². The molecule has 112 valence electrons. The van der Waals surface area contributed by atoms with Gasteiger partial charge in [0.25, 0.3) is 0 Å². The van der Waals surface area contributed by atoms with Gasteiger partial charge in [-0.2, -0.15) is 0 Å². The van der Waals surface area contributed by atoms with Crippen LogP contribution in [0, 0.1) is 0 Å². The Labute approximate surface area is 138 Å². The summed E-state index contributed by atoms with van der Waals surface area (Å²) in [4.78, 5) is 2.41. The lowest BCUT2D eigenvalue weighted by molar-refractivity contribution is 0.168. The van der Waals surface area contributed by atoms with Crippen molar-refractivity contribution >= 4 is 27.5 Å². The average Bonchev–Trinajstić information content (AvgIpc) is 3.18. The highest BCUT2D eigenvalue weighted by atomic mass is 79.9. The molecule has 1 aliphatic rings. The zero-order chi connectivity index (χ0) is 14.8. The minimum atomic E-state index is 0.114. The van der Waals surface area contributed by atoms with Gasteiger partial charge in [0, 0.05) is 28.1 Å². The molecule has 2 aromatic rings. The van der Waals surface area contributed by atoms with Crippen molar-refractivity contribution in [3.63, 3.8) is 0 Å². The Bertz CT molecular complexity index is 598. The molecule has 1 fully saturated rings. The molecule has 3 nitrogen and oxygen atoms in total. The monoisotopic (exact) mass is 368 g/mol. The molecule has 1 saturated carbocycles. The lowest BCUT2D eigenvalue weighted by Gasteiger charge is -2.31. The van der Waals surface area contributed by atoms with E-state index in [9.17, 15) is 0 Å². The predicted molar refractivity (Wildman–Crippen MR) is 88.2 cm³/mol. The van der Waals surface area contributed by atoms with E-state index in [0.29, 0.717) is 12.6 Å². The fourth-order valence-corrected chi connectivity index (χ4v) is 3.49. The van der Waals surface area contributed by atoms with Crippen LogP contribution in [0.5, 0.6) is 0 Å². The fourth-order valence-electron chi connectivity index (χ4n) is 2.70. The van der Waals surface area contributed by atoms with E-state index in [-0.39, 0.29) is 6.04 Å². The van der Waals surface area contributed by atoms with Gasteiger partial charge < -0.3 is 10.2 Å². The van der Waals surface area contributed by atoms with Crippen LogP contribution in [0.3, 0.4) is 0 Å². The topological polar surface area (TPSA) is 42.4 Å². The summed E-state index contributed by atoms with van der Waals surface area (Å²) < 4.78 is 6.48. The van der Waals surface area contributed by atoms with Crippen molar-refractivity contribution in [2.75, 3.05) is 6.54 Å². The van der Waals surface area contributed by atoms with Gasteiger partial charge in [0.15, 0.2) is 0 Å². The molecule has 21 heavy (non-hydrogen) atoms. The van der Waals surface area contributed by atoms with Gasteiger partial charge in [-0.1, -0.05) is 33.6 Å². The molecular formula is C16H18BrClN2O. The van der Waals surface area contributed by atoms with Gasteiger partial charge in [0.05, 0.1) is 12.8 Å². The summed E-state index contributed by atoms with van der Waals surface area (Å²) in [5.41, 5.74) is 7.15. The van der Waals surface area contributed by atoms with Gasteiger partial charge in [-0.3, -0.25) is 4.90 Å². The molecule has 1 unspecified atom stereocenters. The standard InChI is InChI=1S/C16H18BrClN2O/c17-11-3-6-14(15(18)8-11)16(9-19)20(12-4-5-12)10-13-2-1-7-21-13/h1-3,6-8,12,16H,4-5,9-10,19H2. The molecule has 5 heteroatoms. The highest BCUT2D eigenvalue weighted by Crippen LogP contribution is 2.38. The Kier molecular flexibility index (Phi) is 4.69. The lowest BCUT2D eigenvalue weighted by Crippen LogP contribution is -2.35. The highest BCUT2D eigenvalue weighted by Gasteiger charge is 2.35. The molecule has 1 atom stereocenters. The normalized spacial score (nSPS) is 16.4. The summed E-state index contributed by atoms with van der Waals surface area (Å²) in [6, 6.07) is 10.6. The van der Waals surface area contributed by atoms with Crippen molar-refractivity contribution in [3.05, 3.63) is 57.4 Å². The lowest BCUT2D eigenvalue weighted by atomic mass is 10.0. The number of halogens is 2. The summed E-state index contributed by atoms with van der Waals surface area (Å²) in [6.45, 7) is 1.31. The second-order valence-corrected chi connectivity index (χ2v) is 6.72. The Balaban J connectivity index is 1.88. The first-order valence-electron chi connectivity index (χ1n) is 7.12. The number of hydrogen-bond donors (Lipinski definition) is 1. The van der Waals surface area contributed by atoms with Crippen molar-refractivity contribution in [2.24, 2.45) is 5.73 Å². The largest absolute Gasteiger partial charge is 0.468 e. The van der Waals surface area contributed by atoms with E-state index in [1.54, 1.807) is 6.26 Å². The SMILES string of the molecule is NCC(c1ccc(Br)cc1Cl)N(Cc1ccco1)C1CC1. The van der Waals surface area contributed by atoms with Crippen LogP contribution in [-0.2, 0) is 6.54 Å². The number of nitrogens with zero attached hydrogens (tertiary/aromatic N) is 1. The Morgan fingerprint density at radius 1 is 1.38 bits per heavy atom. The molecule has 0 saturated heterocycles. The van der Waals surface area contributed by atoms with Crippen molar-refractivity contribution in [2.45, 2.75) is 31.5 Å². The Morgan fingerprint density at radius 3 is 2.76 bits per heavy atom. The minimum absolute atomic E-state index is 0.114.